The zero-order valence-corrected chi connectivity index (χ0v) is 10.7. The van der Waals surface area contributed by atoms with Crippen molar-refractivity contribution >= 4 is 0 Å². The molecule has 2 N–H and O–H groups in total. The monoisotopic (exact) mass is 247 g/mol. The van der Waals surface area contributed by atoms with Crippen molar-refractivity contribution in [2.75, 3.05) is 19.8 Å². The Morgan fingerprint density at radius 3 is 2.61 bits per heavy atom. The number of benzene rings is 1. The molecule has 0 bridgehead atoms. The van der Waals surface area contributed by atoms with Gasteiger partial charge < -0.3 is 15.2 Å². The first kappa shape index (κ1) is 12.0. The SMILES string of the molecule is NCC1(c2ccccc2OC2CCOCC2)CC1. The molecule has 1 saturated heterocycles. The van der Waals surface area contributed by atoms with Gasteiger partial charge in [0, 0.05) is 30.4 Å². The number of ether oxygens (including phenoxy) is 2. The van der Waals surface area contributed by atoms with Crippen molar-refractivity contribution in [2.45, 2.75) is 37.2 Å². The highest BCUT2D eigenvalue weighted by molar-refractivity contribution is 5.43. The molecule has 0 atom stereocenters. The van der Waals surface area contributed by atoms with Gasteiger partial charge in [-0.2, -0.15) is 0 Å². The minimum absolute atomic E-state index is 0.196. The Balaban J connectivity index is 1.79. The van der Waals surface area contributed by atoms with E-state index in [-0.39, 0.29) is 5.41 Å². The molecule has 2 fully saturated rings. The molecule has 1 heterocycles. The van der Waals surface area contributed by atoms with Crippen LogP contribution in [-0.2, 0) is 10.2 Å². The highest BCUT2D eigenvalue weighted by Gasteiger charge is 2.44. The summed E-state index contributed by atoms with van der Waals surface area (Å²) in [5, 5.41) is 0. The lowest BCUT2D eigenvalue weighted by molar-refractivity contribution is 0.0250. The van der Waals surface area contributed by atoms with Crippen LogP contribution in [0.5, 0.6) is 5.75 Å². The second-order valence-electron chi connectivity index (χ2n) is 5.41. The normalized spacial score (nSPS) is 22.7. The molecule has 1 aliphatic carbocycles. The van der Waals surface area contributed by atoms with Crippen LogP contribution in [0.25, 0.3) is 0 Å². The molecule has 98 valence electrons. The fraction of sp³-hybridized carbons (Fsp3) is 0.600. The Morgan fingerprint density at radius 1 is 1.22 bits per heavy atom. The van der Waals surface area contributed by atoms with Gasteiger partial charge in [-0.3, -0.25) is 0 Å². The Bertz CT molecular complexity index is 409. The summed E-state index contributed by atoms with van der Waals surface area (Å²) in [6.45, 7) is 2.35. The van der Waals surface area contributed by atoms with Crippen molar-refractivity contribution in [2.24, 2.45) is 5.73 Å². The molecule has 1 saturated carbocycles. The third kappa shape index (κ3) is 2.25. The number of rotatable bonds is 4. The second kappa shape index (κ2) is 4.90. The van der Waals surface area contributed by atoms with Crippen LogP contribution >= 0.6 is 0 Å². The van der Waals surface area contributed by atoms with E-state index >= 15 is 0 Å². The van der Waals surface area contributed by atoms with Gasteiger partial charge in [0.2, 0.25) is 0 Å². The lowest BCUT2D eigenvalue weighted by atomic mass is 9.95. The van der Waals surface area contributed by atoms with Crippen molar-refractivity contribution in [3.05, 3.63) is 29.8 Å². The molecule has 0 unspecified atom stereocenters. The lowest BCUT2D eigenvalue weighted by Crippen LogP contribution is -2.27. The van der Waals surface area contributed by atoms with Gasteiger partial charge in [0.1, 0.15) is 11.9 Å². The Labute approximate surface area is 108 Å². The smallest absolute Gasteiger partial charge is 0.123 e. The van der Waals surface area contributed by atoms with Gasteiger partial charge in [0.05, 0.1) is 13.2 Å². The summed E-state index contributed by atoms with van der Waals surface area (Å²) in [5.74, 6) is 1.03. The van der Waals surface area contributed by atoms with Crippen LogP contribution in [0, 0.1) is 0 Å². The number of para-hydroxylation sites is 1. The van der Waals surface area contributed by atoms with Gasteiger partial charge in [0.25, 0.3) is 0 Å². The van der Waals surface area contributed by atoms with Crippen molar-refractivity contribution < 1.29 is 9.47 Å². The molecule has 3 heteroatoms. The van der Waals surface area contributed by atoms with E-state index in [9.17, 15) is 0 Å². The largest absolute Gasteiger partial charge is 0.490 e. The van der Waals surface area contributed by atoms with E-state index in [1.54, 1.807) is 0 Å². The average Bonchev–Trinajstić information content (AvgIpc) is 3.22. The minimum Gasteiger partial charge on any atom is -0.490 e. The lowest BCUT2D eigenvalue weighted by Gasteiger charge is -2.26. The van der Waals surface area contributed by atoms with Gasteiger partial charge >= 0.3 is 0 Å². The van der Waals surface area contributed by atoms with Crippen LogP contribution in [0.4, 0.5) is 0 Å². The summed E-state index contributed by atoms with van der Waals surface area (Å²) in [4.78, 5) is 0. The zero-order valence-electron chi connectivity index (χ0n) is 10.7. The van der Waals surface area contributed by atoms with Crippen LogP contribution < -0.4 is 10.5 Å². The summed E-state index contributed by atoms with van der Waals surface area (Å²) in [7, 11) is 0. The molecule has 0 amide bonds. The molecule has 0 aromatic heterocycles. The summed E-state index contributed by atoms with van der Waals surface area (Å²) in [6, 6.07) is 8.39. The summed E-state index contributed by atoms with van der Waals surface area (Å²) >= 11 is 0. The molecule has 3 rings (SSSR count). The first-order valence-corrected chi connectivity index (χ1v) is 6.88. The maximum atomic E-state index is 6.18. The van der Waals surface area contributed by atoms with Gasteiger partial charge in [-0.1, -0.05) is 18.2 Å². The summed E-state index contributed by atoms with van der Waals surface area (Å²) in [6.07, 6.45) is 4.66. The molecule has 1 aliphatic heterocycles. The maximum absolute atomic E-state index is 6.18. The molecule has 1 aromatic rings. The second-order valence-corrected chi connectivity index (χ2v) is 5.41. The molecule has 3 nitrogen and oxygen atoms in total. The molecule has 2 aliphatic rings. The quantitative estimate of drug-likeness (QED) is 0.887. The van der Waals surface area contributed by atoms with E-state index in [4.69, 9.17) is 15.2 Å². The molecule has 0 spiro atoms. The van der Waals surface area contributed by atoms with E-state index in [1.807, 2.05) is 6.07 Å². The van der Waals surface area contributed by atoms with Crippen LogP contribution in [-0.4, -0.2) is 25.9 Å². The number of nitrogens with two attached hydrogens (primary N) is 1. The topological polar surface area (TPSA) is 44.5 Å². The van der Waals surface area contributed by atoms with Crippen molar-refractivity contribution in [3.8, 4) is 5.75 Å². The van der Waals surface area contributed by atoms with E-state index in [1.165, 1.54) is 18.4 Å². The number of hydrogen-bond acceptors (Lipinski definition) is 3. The predicted octanol–water partition coefficient (Wildman–Crippen LogP) is 2.23. The van der Waals surface area contributed by atoms with Gasteiger partial charge in [-0.05, 0) is 18.9 Å². The van der Waals surface area contributed by atoms with Crippen LogP contribution in [0.2, 0.25) is 0 Å². The predicted molar refractivity (Wildman–Crippen MR) is 70.9 cm³/mol. The molecular formula is C15H21NO2. The van der Waals surface area contributed by atoms with E-state index in [0.717, 1.165) is 38.3 Å². The van der Waals surface area contributed by atoms with E-state index in [0.29, 0.717) is 6.10 Å². The zero-order chi connectivity index (χ0) is 12.4. The third-order valence-corrected chi connectivity index (χ3v) is 4.16. The first-order valence-electron chi connectivity index (χ1n) is 6.88. The highest BCUT2D eigenvalue weighted by Crippen LogP contribution is 2.50. The maximum Gasteiger partial charge on any atom is 0.123 e. The molecule has 1 aromatic carbocycles. The Kier molecular flexibility index (Phi) is 3.27. The summed E-state index contributed by atoms with van der Waals surface area (Å²) in [5.41, 5.74) is 7.43. The van der Waals surface area contributed by atoms with Gasteiger partial charge in [-0.15, -0.1) is 0 Å². The Morgan fingerprint density at radius 2 is 1.94 bits per heavy atom. The highest BCUT2D eigenvalue weighted by atomic mass is 16.5. The minimum atomic E-state index is 0.196. The average molecular weight is 247 g/mol. The van der Waals surface area contributed by atoms with Crippen LogP contribution in [0.1, 0.15) is 31.2 Å². The molecule has 18 heavy (non-hydrogen) atoms. The fourth-order valence-corrected chi connectivity index (χ4v) is 2.72. The summed E-state index contributed by atoms with van der Waals surface area (Å²) < 4.78 is 11.5. The van der Waals surface area contributed by atoms with Crippen molar-refractivity contribution in [3.63, 3.8) is 0 Å². The number of hydrogen-bond donors (Lipinski definition) is 1. The van der Waals surface area contributed by atoms with Gasteiger partial charge in [0.15, 0.2) is 0 Å². The van der Waals surface area contributed by atoms with Gasteiger partial charge in [-0.25, -0.2) is 0 Å². The standard InChI is InChI=1S/C15H21NO2/c16-11-15(7-8-15)13-3-1-2-4-14(13)18-12-5-9-17-10-6-12/h1-4,12H,5-11,16H2. The Hall–Kier alpha value is -1.06. The van der Waals surface area contributed by atoms with E-state index in [2.05, 4.69) is 18.2 Å². The van der Waals surface area contributed by atoms with E-state index < -0.39 is 0 Å². The van der Waals surface area contributed by atoms with Crippen molar-refractivity contribution in [1.82, 2.24) is 0 Å². The van der Waals surface area contributed by atoms with Crippen LogP contribution in [0.3, 0.4) is 0 Å². The molecule has 0 radical (unpaired) electrons. The fourth-order valence-electron chi connectivity index (χ4n) is 2.72. The first-order chi connectivity index (χ1) is 8.84. The van der Waals surface area contributed by atoms with Crippen LogP contribution in [0.15, 0.2) is 24.3 Å². The molecular weight excluding hydrogens is 226 g/mol. The third-order valence-electron chi connectivity index (χ3n) is 4.16. The van der Waals surface area contributed by atoms with Crippen molar-refractivity contribution in [1.29, 1.82) is 0 Å².